The van der Waals surface area contributed by atoms with Gasteiger partial charge in [-0.3, -0.25) is 4.18 Å². The topological polar surface area (TPSA) is 66.4 Å². The van der Waals surface area contributed by atoms with Gasteiger partial charge in [0.15, 0.2) is 0 Å². The second kappa shape index (κ2) is 33.9. The molecular formula is C28H59NaO4S. The van der Waals surface area contributed by atoms with Gasteiger partial charge in [-0.05, 0) is 6.42 Å². The Balaban J connectivity index is -0.000000550. The van der Waals surface area contributed by atoms with E-state index in [1.807, 2.05) is 0 Å². The van der Waals surface area contributed by atoms with Crippen molar-refractivity contribution in [2.45, 2.75) is 175 Å². The summed E-state index contributed by atoms with van der Waals surface area (Å²) >= 11 is 0. The maximum atomic E-state index is 10.1. The van der Waals surface area contributed by atoms with Gasteiger partial charge in [-0.15, -0.1) is 0 Å². The minimum atomic E-state index is -4.48. The van der Waals surface area contributed by atoms with Crippen LogP contribution < -0.4 is 29.6 Å². The monoisotopic (exact) mass is 514 g/mol. The third-order valence-corrected chi connectivity index (χ3v) is 6.64. The second-order valence-electron chi connectivity index (χ2n) is 9.65. The first-order valence-electron chi connectivity index (χ1n) is 14.6. The van der Waals surface area contributed by atoms with Crippen LogP contribution in [0.3, 0.4) is 0 Å². The van der Waals surface area contributed by atoms with E-state index in [2.05, 4.69) is 25.0 Å². The van der Waals surface area contributed by atoms with E-state index in [9.17, 15) is 13.0 Å². The first-order valence-corrected chi connectivity index (χ1v) is 15.9. The van der Waals surface area contributed by atoms with Gasteiger partial charge in [0, 0.05) is 0 Å². The van der Waals surface area contributed by atoms with Gasteiger partial charge in [-0.25, -0.2) is 8.42 Å². The molecule has 0 rings (SSSR count). The predicted molar refractivity (Wildman–Crippen MR) is 143 cm³/mol. The molecule has 0 atom stereocenters. The molecule has 4 nitrogen and oxygen atoms in total. The van der Waals surface area contributed by atoms with E-state index in [-0.39, 0.29) is 36.2 Å². The van der Waals surface area contributed by atoms with E-state index >= 15 is 0 Å². The second-order valence-corrected chi connectivity index (χ2v) is 10.7. The Morgan fingerprint density at radius 3 is 0.853 bits per heavy atom. The van der Waals surface area contributed by atoms with Crippen LogP contribution in [-0.2, 0) is 14.6 Å². The molecule has 34 heavy (non-hydrogen) atoms. The Kier molecular flexibility index (Phi) is 39.2. The minimum Gasteiger partial charge on any atom is -0.726 e. The molecular weight excluding hydrogens is 455 g/mol. The van der Waals surface area contributed by atoms with Gasteiger partial charge in [-0.1, -0.05) is 168 Å². The Labute approximate surface area is 237 Å². The summed E-state index contributed by atoms with van der Waals surface area (Å²) in [6, 6.07) is 0. The third kappa shape index (κ3) is 43.0. The number of hydrogen-bond donors (Lipinski definition) is 0. The summed E-state index contributed by atoms with van der Waals surface area (Å²) in [5.74, 6) is 0. The van der Waals surface area contributed by atoms with Gasteiger partial charge in [0.2, 0.25) is 10.4 Å². The van der Waals surface area contributed by atoms with Crippen molar-refractivity contribution in [3.63, 3.8) is 0 Å². The van der Waals surface area contributed by atoms with Crippen molar-refractivity contribution in [1.29, 1.82) is 0 Å². The molecule has 0 aromatic carbocycles. The number of unbranched alkanes of at least 4 members (excludes halogenated alkanes) is 22. The molecule has 0 N–H and O–H groups in total. The summed E-state index contributed by atoms with van der Waals surface area (Å²) < 4.78 is 34.5. The smallest absolute Gasteiger partial charge is 0.726 e. The van der Waals surface area contributed by atoms with Crippen LogP contribution in [-0.4, -0.2) is 19.6 Å². The van der Waals surface area contributed by atoms with Crippen molar-refractivity contribution in [2.75, 3.05) is 6.61 Å². The average Bonchev–Trinajstić information content (AvgIpc) is 2.78. The molecule has 6 heteroatoms. The van der Waals surface area contributed by atoms with E-state index in [0.29, 0.717) is 6.42 Å². The molecule has 0 unspecified atom stereocenters. The Morgan fingerprint density at radius 2 is 0.647 bits per heavy atom. The molecule has 0 aromatic rings. The van der Waals surface area contributed by atoms with Crippen LogP contribution in [0.2, 0.25) is 0 Å². The zero-order valence-corrected chi connectivity index (χ0v) is 26.5. The summed E-state index contributed by atoms with van der Waals surface area (Å²) in [6.45, 7) is 6.82. The maximum absolute atomic E-state index is 10.1. The van der Waals surface area contributed by atoms with E-state index < -0.39 is 10.4 Å². The van der Waals surface area contributed by atoms with Crippen LogP contribution in [0.4, 0.5) is 0 Å². The summed E-state index contributed by atoms with van der Waals surface area (Å²) in [5.41, 5.74) is 0. The summed E-state index contributed by atoms with van der Waals surface area (Å²) in [6.07, 6.45) is 32.1. The summed E-state index contributed by atoms with van der Waals surface area (Å²) in [7, 11) is -4.48. The SMILES string of the molecule is CCCCCCCCCCCCCCCC.CCCCCCCCCCCCOS(=O)(=O)[O-].[Na+]. The molecule has 0 spiro atoms. The summed E-state index contributed by atoms with van der Waals surface area (Å²) in [4.78, 5) is 0. The van der Waals surface area contributed by atoms with Gasteiger partial charge < -0.3 is 4.55 Å². The van der Waals surface area contributed by atoms with Crippen LogP contribution in [0.25, 0.3) is 0 Å². The molecule has 0 saturated carbocycles. The van der Waals surface area contributed by atoms with E-state index in [1.165, 1.54) is 135 Å². The molecule has 0 amide bonds. The largest absolute Gasteiger partial charge is 1.00 e. The van der Waals surface area contributed by atoms with E-state index in [1.54, 1.807) is 0 Å². The zero-order chi connectivity index (χ0) is 24.9. The molecule has 0 bridgehead atoms. The van der Waals surface area contributed by atoms with E-state index in [0.717, 1.165) is 12.8 Å². The zero-order valence-electron chi connectivity index (χ0n) is 23.7. The molecule has 0 radical (unpaired) electrons. The Hall–Kier alpha value is 0.870. The standard InChI is InChI=1S/C16H34.C12H26O4S.Na/c1-3-5-7-9-11-13-15-16-14-12-10-8-6-4-2;1-2-3-4-5-6-7-8-9-10-11-12-16-17(13,14)15;/h3-16H2,1-2H3;2-12H2,1H3,(H,13,14,15);/q;;+1/p-1. The molecule has 0 aliphatic carbocycles. The predicted octanol–water partition coefficient (Wildman–Crippen LogP) is 6.88. The summed E-state index contributed by atoms with van der Waals surface area (Å²) in [5, 5.41) is 0. The minimum absolute atomic E-state index is 0. The van der Waals surface area contributed by atoms with Crippen molar-refractivity contribution in [2.24, 2.45) is 0 Å². The molecule has 202 valence electrons. The Bertz CT molecular complexity index is 430. The maximum Gasteiger partial charge on any atom is 1.00 e. The Morgan fingerprint density at radius 1 is 0.441 bits per heavy atom. The van der Waals surface area contributed by atoms with Gasteiger partial charge in [-0.2, -0.15) is 0 Å². The molecule has 0 aromatic heterocycles. The number of rotatable bonds is 25. The van der Waals surface area contributed by atoms with Crippen LogP contribution >= 0.6 is 0 Å². The fourth-order valence-electron chi connectivity index (χ4n) is 4.02. The van der Waals surface area contributed by atoms with Crippen LogP contribution in [0.1, 0.15) is 175 Å². The van der Waals surface area contributed by atoms with Crippen molar-refractivity contribution >= 4 is 10.4 Å². The van der Waals surface area contributed by atoms with Crippen molar-refractivity contribution in [1.82, 2.24) is 0 Å². The van der Waals surface area contributed by atoms with Crippen LogP contribution in [0, 0.1) is 0 Å². The van der Waals surface area contributed by atoms with Crippen LogP contribution in [0.5, 0.6) is 0 Å². The average molecular weight is 515 g/mol. The third-order valence-electron chi connectivity index (χ3n) is 6.18. The van der Waals surface area contributed by atoms with Crippen molar-refractivity contribution < 1.29 is 46.7 Å². The molecule has 0 heterocycles. The molecule has 0 fully saturated rings. The first-order chi connectivity index (χ1) is 16.0. The fraction of sp³-hybridized carbons (Fsp3) is 1.00. The van der Waals surface area contributed by atoms with Crippen LogP contribution in [0.15, 0.2) is 0 Å². The van der Waals surface area contributed by atoms with Gasteiger partial charge >= 0.3 is 29.6 Å². The molecule has 0 aliphatic rings. The normalized spacial score (nSPS) is 11.1. The van der Waals surface area contributed by atoms with Gasteiger partial charge in [0.25, 0.3) is 0 Å². The molecule has 0 saturated heterocycles. The number of hydrogen-bond acceptors (Lipinski definition) is 4. The molecule has 0 aliphatic heterocycles. The van der Waals surface area contributed by atoms with Gasteiger partial charge in [0.05, 0.1) is 6.61 Å². The first kappa shape index (κ1) is 39.4. The van der Waals surface area contributed by atoms with E-state index in [4.69, 9.17) is 0 Å². The van der Waals surface area contributed by atoms with Crippen molar-refractivity contribution in [3.05, 3.63) is 0 Å². The fourth-order valence-corrected chi connectivity index (χ4v) is 4.34. The van der Waals surface area contributed by atoms with Gasteiger partial charge in [0.1, 0.15) is 0 Å². The van der Waals surface area contributed by atoms with Crippen molar-refractivity contribution in [3.8, 4) is 0 Å². The quantitative estimate of drug-likeness (QED) is 0.0577.